The van der Waals surface area contributed by atoms with E-state index in [9.17, 15) is 9.59 Å². The van der Waals surface area contributed by atoms with Crippen molar-refractivity contribution in [1.29, 1.82) is 0 Å². The molecule has 6 nitrogen and oxygen atoms in total. The van der Waals surface area contributed by atoms with E-state index < -0.39 is 0 Å². The van der Waals surface area contributed by atoms with E-state index in [1.807, 2.05) is 32.0 Å². The van der Waals surface area contributed by atoms with Gasteiger partial charge in [-0.15, -0.1) is 0 Å². The van der Waals surface area contributed by atoms with E-state index in [2.05, 4.69) is 10.6 Å². The Kier molecular flexibility index (Phi) is 6.39. The Bertz CT molecular complexity index is 759. The molecule has 0 saturated heterocycles. The Morgan fingerprint density at radius 3 is 2.24 bits per heavy atom. The SMILES string of the molecule is CNC(=O)COc1cccc(NC(=O)COc2ccc(C)c(C)c2)c1. The fourth-order valence-corrected chi connectivity index (χ4v) is 2.03. The summed E-state index contributed by atoms with van der Waals surface area (Å²) in [5.74, 6) is 0.648. The molecular formula is C19H22N2O4. The maximum atomic E-state index is 12.0. The van der Waals surface area contributed by atoms with Crippen LogP contribution < -0.4 is 20.1 Å². The number of amides is 2. The number of aryl methyl sites for hydroxylation is 2. The van der Waals surface area contributed by atoms with Gasteiger partial charge in [0.15, 0.2) is 13.2 Å². The van der Waals surface area contributed by atoms with Gasteiger partial charge < -0.3 is 20.1 Å². The van der Waals surface area contributed by atoms with Gasteiger partial charge in [0.25, 0.3) is 11.8 Å². The number of nitrogens with one attached hydrogen (secondary N) is 2. The second-order valence-corrected chi connectivity index (χ2v) is 5.57. The summed E-state index contributed by atoms with van der Waals surface area (Å²) in [5.41, 5.74) is 2.85. The lowest BCUT2D eigenvalue weighted by Gasteiger charge is -2.10. The van der Waals surface area contributed by atoms with Crippen molar-refractivity contribution in [1.82, 2.24) is 5.32 Å². The number of likely N-dealkylation sites (N-methyl/N-ethyl adjacent to an activating group) is 1. The average Bonchev–Trinajstić information content (AvgIpc) is 2.61. The molecule has 0 aliphatic carbocycles. The molecule has 25 heavy (non-hydrogen) atoms. The minimum absolute atomic E-state index is 0.0796. The van der Waals surface area contributed by atoms with Gasteiger partial charge in [-0.2, -0.15) is 0 Å². The third kappa shape index (κ3) is 5.84. The van der Waals surface area contributed by atoms with Gasteiger partial charge in [-0.25, -0.2) is 0 Å². The highest BCUT2D eigenvalue weighted by atomic mass is 16.5. The molecule has 6 heteroatoms. The van der Waals surface area contributed by atoms with E-state index in [-0.39, 0.29) is 25.0 Å². The molecule has 0 spiro atoms. The van der Waals surface area contributed by atoms with Crippen molar-refractivity contribution in [3.05, 3.63) is 53.6 Å². The maximum Gasteiger partial charge on any atom is 0.262 e. The molecule has 0 bridgehead atoms. The summed E-state index contributed by atoms with van der Waals surface area (Å²) in [6.45, 7) is 3.84. The van der Waals surface area contributed by atoms with E-state index in [0.29, 0.717) is 17.2 Å². The normalized spacial score (nSPS) is 10.0. The van der Waals surface area contributed by atoms with E-state index in [4.69, 9.17) is 9.47 Å². The van der Waals surface area contributed by atoms with Gasteiger partial charge in [-0.05, 0) is 49.2 Å². The quantitative estimate of drug-likeness (QED) is 0.810. The number of carbonyl (C=O) groups excluding carboxylic acids is 2. The third-order valence-electron chi connectivity index (χ3n) is 3.61. The van der Waals surface area contributed by atoms with Crippen LogP contribution >= 0.6 is 0 Å². The predicted molar refractivity (Wildman–Crippen MR) is 96.0 cm³/mol. The molecule has 0 heterocycles. The van der Waals surface area contributed by atoms with Crippen LogP contribution in [0, 0.1) is 13.8 Å². The van der Waals surface area contributed by atoms with Crippen LogP contribution in [0.4, 0.5) is 5.69 Å². The molecule has 0 atom stereocenters. The highest BCUT2D eigenvalue weighted by Gasteiger charge is 2.06. The monoisotopic (exact) mass is 342 g/mol. The van der Waals surface area contributed by atoms with Gasteiger partial charge in [0, 0.05) is 18.8 Å². The Balaban J connectivity index is 1.87. The lowest BCUT2D eigenvalue weighted by molar-refractivity contribution is -0.122. The van der Waals surface area contributed by atoms with Crippen LogP contribution in [0.15, 0.2) is 42.5 Å². The lowest BCUT2D eigenvalue weighted by Crippen LogP contribution is -2.24. The summed E-state index contributed by atoms with van der Waals surface area (Å²) in [7, 11) is 1.54. The summed E-state index contributed by atoms with van der Waals surface area (Å²) in [6.07, 6.45) is 0. The molecule has 0 aliphatic rings. The highest BCUT2D eigenvalue weighted by molar-refractivity contribution is 5.92. The summed E-state index contributed by atoms with van der Waals surface area (Å²) >= 11 is 0. The lowest BCUT2D eigenvalue weighted by atomic mass is 10.1. The van der Waals surface area contributed by atoms with Crippen LogP contribution in [-0.2, 0) is 9.59 Å². The van der Waals surface area contributed by atoms with Crippen LogP contribution in [0.2, 0.25) is 0 Å². The maximum absolute atomic E-state index is 12.0. The zero-order valence-corrected chi connectivity index (χ0v) is 14.6. The van der Waals surface area contributed by atoms with Crippen molar-refractivity contribution in [2.45, 2.75) is 13.8 Å². The van der Waals surface area contributed by atoms with Gasteiger partial charge in [0.05, 0.1) is 0 Å². The first-order valence-corrected chi connectivity index (χ1v) is 7.91. The molecule has 2 rings (SSSR count). The molecule has 0 fully saturated rings. The van der Waals surface area contributed by atoms with Crippen molar-refractivity contribution in [3.8, 4) is 11.5 Å². The summed E-state index contributed by atoms with van der Waals surface area (Å²) < 4.78 is 10.8. The topological polar surface area (TPSA) is 76.7 Å². The number of carbonyl (C=O) groups is 2. The largest absolute Gasteiger partial charge is 0.484 e. The molecule has 2 aromatic carbocycles. The first-order valence-electron chi connectivity index (χ1n) is 7.91. The number of anilines is 1. The van der Waals surface area contributed by atoms with Crippen molar-refractivity contribution < 1.29 is 19.1 Å². The van der Waals surface area contributed by atoms with E-state index in [1.54, 1.807) is 24.3 Å². The first kappa shape index (κ1) is 18.3. The summed E-state index contributed by atoms with van der Waals surface area (Å²) in [4.78, 5) is 23.2. The van der Waals surface area contributed by atoms with E-state index in [1.165, 1.54) is 12.6 Å². The molecule has 0 saturated carbocycles. The predicted octanol–water partition coefficient (Wildman–Crippen LogP) is 2.45. The van der Waals surface area contributed by atoms with Crippen LogP contribution in [0.3, 0.4) is 0 Å². The van der Waals surface area contributed by atoms with Crippen molar-refractivity contribution >= 4 is 17.5 Å². The van der Waals surface area contributed by atoms with E-state index in [0.717, 1.165) is 5.56 Å². The van der Waals surface area contributed by atoms with Gasteiger partial charge >= 0.3 is 0 Å². The molecular weight excluding hydrogens is 320 g/mol. The molecule has 0 aromatic heterocycles. The first-order chi connectivity index (χ1) is 12.0. The highest BCUT2D eigenvalue weighted by Crippen LogP contribution is 2.18. The van der Waals surface area contributed by atoms with Crippen LogP contribution in [-0.4, -0.2) is 32.1 Å². The summed E-state index contributed by atoms with van der Waals surface area (Å²) in [5, 5.41) is 5.21. The van der Waals surface area contributed by atoms with Gasteiger partial charge in [-0.3, -0.25) is 9.59 Å². The molecule has 0 aliphatic heterocycles. The van der Waals surface area contributed by atoms with Crippen molar-refractivity contribution in [2.75, 3.05) is 25.6 Å². The van der Waals surface area contributed by atoms with E-state index >= 15 is 0 Å². The van der Waals surface area contributed by atoms with Crippen LogP contribution in [0.1, 0.15) is 11.1 Å². The molecule has 2 aromatic rings. The molecule has 0 unspecified atom stereocenters. The average molecular weight is 342 g/mol. The fourth-order valence-electron chi connectivity index (χ4n) is 2.03. The number of rotatable bonds is 7. The Morgan fingerprint density at radius 1 is 0.880 bits per heavy atom. The molecule has 132 valence electrons. The second-order valence-electron chi connectivity index (χ2n) is 5.57. The number of ether oxygens (including phenoxy) is 2. The molecule has 2 N–H and O–H groups in total. The number of hydrogen-bond donors (Lipinski definition) is 2. The zero-order chi connectivity index (χ0) is 18.2. The van der Waals surface area contributed by atoms with Gasteiger partial charge in [0.2, 0.25) is 0 Å². The fraction of sp³-hybridized carbons (Fsp3) is 0.263. The minimum Gasteiger partial charge on any atom is -0.484 e. The Morgan fingerprint density at radius 2 is 1.56 bits per heavy atom. The zero-order valence-electron chi connectivity index (χ0n) is 14.6. The van der Waals surface area contributed by atoms with Crippen LogP contribution in [0.5, 0.6) is 11.5 Å². The van der Waals surface area contributed by atoms with Crippen LogP contribution in [0.25, 0.3) is 0 Å². The molecule has 2 amide bonds. The minimum atomic E-state index is -0.276. The van der Waals surface area contributed by atoms with Gasteiger partial charge in [-0.1, -0.05) is 12.1 Å². The van der Waals surface area contributed by atoms with Crippen molar-refractivity contribution in [2.24, 2.45) is 0 Å². The third-order valence-corrected chi connectivity index (χ3v) is 3.61. The standard InChI is InChI=1S/C19H22N2O4/c1-13-7-8-17(9-14(13)2)25-12-19(23)21-15-5-4-6-16(10-15)24-11-18(22)20-3/h4-10H,11-12H2,1-3H3,(H,20,22)(H,21,23). The van der Waals surface area contributed by atoms with Gasteiger partial charge in [0.1, 0.15) is 11.5 Å². The smallest absolute Gasteiger partial charge is 0.262 e. The second kappa shape index (κ2) is 8.73. The van der Waals surface area contributed by atoms with Crippen molar-refractivity contribution in [3.63, 3.8) is 0 Å². The Hall–Kier alpha value is -3.02. The molecule has 0 radical (unpaired) electrons. The number of benzene rings is 2. The number of hydrogen-bond acceptors (Lipinski definition) is 4. The summed E-state index contributed by atoms with van der Waals surface area (Å²) in [6, 6.07) is 12.5. The Labute approximate surface area is 147 Å².